The number of rotatable bonds is 2. The summed E-state index contributed by atoms with van der Waals surface area (Å²) >= 11 is 0. The second-order valence-corrected chi connectivity index (χ2v) is 4.23. The van der Waals surface area contributed by atoms with Crippen LogP contribution >= 0.6 is 0 Å². The van der Waals surface area contributed by atoms with Gasteiger partial charge in [0.2, 0.25) is 0 Å². The number of pyridine rings is 1. The van der Waals surface area contributed by atoms with E-state index in [0.717, 1.165) is 11.8 Å². The maximum absolute atomic E-state index is 12.6. The van der Waals surface area contributed by atoms with Gasteiger partial charge in [-0.25, -0.2) is 0 Å². The Labute approximate surface area is 102 Å². The molecule has 1 atom stereocenters. The van der Waals surface area contributed by atoms with Gasteiger partial charge in [0.15, 0.2) is 0 Å². The summed E-state index contributed by atoms with van der Waals surface area (Å²) in [5.74, 6) is 0. The van der Waals surface area contributed by atoms with Gasteiger partial charge in [0.1, 0.15) is 5.69 Å². The van der Waals surface area contributed by atoms with Crippen LogP contribution in [0.2, 0.25) is 0 Å². The van der Waals surface area contributed by atoms with Crippen molar-refractivity contribution in [2.24, 2.45) is 5.73 Å². The van der Waals surface area contributed by atoms with E-state index in [1.165, 1.54) is 6.20 Å². The number of hydrogen-bond donors (Lipinski definition) is 1. The lowest BCUT2D eigenvalue weighted by molar-refractivity contribution is -0.141. The standard InChI is InChI=1S/C12H14F3N3/c1-3-18-9(7(2)16)4-8-6-17-11(5-10(8)18)12(13,14)15/h4-7H,3,16H2,1-2H3. The number of aryl methyl sites for hydroxylation is 1. The predicted octanol–water partition coefficient (Wildman–Crippen LogP) is 3.09. The van der Waals surface area contributed by atoms with E-state index >= 15 is 0 Å². The molecule has 0 radical (unpaired) electrons. The van der Waals surface area contributed by atoms with Gasteiger partial charge >= 0.3 is 6.18 Å². The topological polar surface area (TPSA) is 43.8 Å². The minimum absolute atomic E-state index is 0.230. The van der Waals surface area contributed by atoms with Crippen LogP contribution in [0, 0.1) is 0 Å². The average molecular weight is 257 g/mol. The zero-order chi connectivity index (χ0) is 13.5. The molecule has 0 aliphatic heterocycles. The molecule has 2 aromatic heterocycles. The second-order valence-electron chi connectivity index (χ2n) is 4.23. The molecule has 3 nitrogen and oxygen atoms in total. The van der Waals surface area contributed by atoms with E-state index in [2.05, 4.69) is 4.98 Å². The van der Waals surface area contributed by atoms with Crippen LogP contribution in [0.4, 0.5) is 13.2 Å². The molecule has 98 valence electrons. The summed E-state index contributed by atoms with van der Waals surface area (Å²) in [5.41, 5.74) is 6.27. The first-order valence-electron chi connectivity index (χ1n) is 5.66. The quantitative estimate of drug-likeness (QED) is 0.898. The van der Waals surface area contributed by atoms with Crippen LogP contribution in [0.1, 0.15) is 31.3 Å². The van der Waals surface area contributed by atoms with Crippen molar-refractivity contribution in [3.63, 3.8) is 0 Å². The number of alkyl halides is 3. The fraction of sp³-hybridized carbons (Fsp3) is 0.417. The van der Waals surface area contributed by atoms with Gasteiger partial charge < -0.3 is 10.3 Å². The van der Waals surface area contributed by atoms with E-state index in [1.807, 2.05) is 6.92 Å². The zero-order valence-electron chi connectivity index (χ0n) is 10.1. The van der Waals surface area contributed by atoms with Gasteiger partial charge in [0, 0.05) is 29.9 Å². The molecular formula is C12H14F3N3. The Kier molecular flexibility index (Phi) is 3.06. The second kappa shape index (κ2) is 4.28. The molecule has 0 spiro atoms. The highest BCUT2D eigenvalue weighted by molar-refractivity contribution is 5.81. The Morgan fingerprint density at radius 2 is 2.06 bits per heavy atom. The Morgan fingerprint density at radius 1 is 1.39 bits per heavy atom. The zero-order valence-corrected chi connectivity index (χ0v) is 10.1. The van der Waals surface area contributed by atoms with E-state index in [9.17, 15) is 13.2 Å². The molecule has 0 bridgehead atoms. The summed E-state index contributed by atoms with van der Waals surface area (Å²) in [6, 6.07) is 2.63. The van der Waals surface area contributed by atoms with Crippen LogP contribution in [-0.2, 0) is 12.7 Å². The van der Waals surface area contributed by atoms with Gasteiger partial charge in [0.25, 0.3) is 0 Å². The SMILES string of the molecule is CCn1c(C(C)N)cc2cnc(C(F)(F)F)cc21. The first kappa shape index (κ1) is 12.9. The van der Waals surface area contributed by atoms with Crippen LogP contribution in [0.5, 0.6) is 0 Å². The number of nitrogens with two attached hydrogens (primary N) is 1. The first-order valence-corrected chi connectivity index (χ1v) is 5.66. The van der Waals surface area contributed by atoms with Gasteiger partial charge in [0.05, 0.1) is 5.52 Å². The summed E-state index contributed by atoms with van der Waals surface area (Å²) in [6.45, 7) is 4.25. The van der Waals surface area contributed by atoms with Crippen LogP contribution in [0.3, 0.4) is 0 Å². The van der Waals surface area contributed by atoms with Crippen LogP contribution < -0.4 is 5.73 Å². The Bertz CT molecular complexity index is 570. The summed E-state index contributed by atoms with van der Waals surface area (Å²) in [6.07, 6.45) is -3.18. The van der Waals surface area contributed by atoms with Crippen molar-refractivity contribution in [2.75, 3.05) is 0 Å². The monoisotopic (exact) mass is 257 g/mol. The fourth-order valence-corrected chi connectivity index (χ4v) is 2.06. The molecule has 6 heteroatoms. The third kappa shape index (κ3) is 2.08. The van der Waals surface area contributed by atoms with Gasteiger partial charge in [-0.15, -0.1) is 0 Å². The molecule has 0 aliphatic carbocycles. The lowest BCUT2D eigenvalue weighted by Crippen LogP contribution is -2.12. The molecule has 2 rings (SSSR count). The summed E-state index contributed by atoms with van der Waals surface area (Å²) in [7, 11) is 0. The number of hydrogen-bond acceptors (Lipinski definition) is 2. The maximum atomic E-state index is 12.6. The van der Waals surface area contributed by atoms with E-state index in [1.54, 1.807) is 17.6 Å². The average Bonchev–Trinajstić information content (AvgIpc) is 2.65. The van der Waals surface area contributed by atoms with Crippen LogP contribution in [-0.4, -0.2) is 9.55 Å². The Balaban J connectivity index is 2.68. The lowest BCUT2D eigenvalue weighted by atomic mass is 10.2. The van der Waals surface area contributed by atoms with Crippen molar-refractivity contribution in [1.82, 2.24) is 9.55 Å². The molecule has 18 heavy (non-hydrogen) atoms. The third-order valence-corrected chi connectivity index (χ3v) is 2.89. The number of fused-ring (bicyclic) bond motifs is 1. The maximum Gasteiger partial charge on any atom is 0.433 e. The van der Waals surface area contributed by atoms with Gasteiger partial charge in [-0.2, -0.15) is 13.2 Å². The molecule has 0 aromatic carbocycles. The van der Waals surface area contributed by atoms with Crippen molar-refractivity contribution in [1.29, 1.82) is 0 Å². The minimum Gasteiger partial charge on any atom is -0.343 e. The van der Waals surface area contributed by atoms with Crippen molar-refractivity contribution >= 4 is 10.9 Å². The van der Waals surface area contributed by atoms with Gasteiger partial charge in [-0.1, -0.05) is 0 Å². The van der Waals surface area contributed by atoms with Gasteiger partial charge in [-0.05, 0) is 26.0 Å². The lowest BCUT2D eigenvalue weighted by Gasteiger charge is -2.11. The van der Waals surface area contributed by atoms with Crippen LogP contribution in [0.25, 0.3) is 10.9 Å². The van der Waals surface area contributed by atoms with E-state index in [-0.39, 0.29) is 6.04 Å². The van der Waals surface area contributed by atoms with E-state index < -0.39 is 11.9 Å². The molecular weight excluding hydrogens is 243 g/mol. The molecule has 0 amide bonds. The Morgan fingerprint density at radius 3 is 2.56 bits per heavy atom. The third-order valence-electron chi connectivity index (χ3n) is 2.89. The Hall–Kier alpha value is -1.56. The molecule has 1 unspecified atom stereocenters. The highest BCUT2D eigenvalue weighted by Crippen LogP contribution is 2.31. The largest absolute Gasteiger partial charge is 0.433 e. The summed E-state index contributed by atoms with van der Waals surface area (Å²) in [5, 5.41) is 0.678. The minimum atomic E-state index is -4.43. The fourth-order valence-electron chi connectivity index (χ4n) is 2.06. The van der Waals surface area contributed by atoms with Crippen molar-refractivity contribution in [2.45, 2.75) is 32.6 Å². The number of aromatic nitrogens is 2. The molecule has 0 fully saturated rings. The van der Waals surface area contributed by atoms with Crippen molar-refractivity contribution in [3.05, 3.63) is 29.7 Å². The molecule has 0 saturated carbocycles. The smallest absolute Gasteiger partial charge is 0.343 e. The highest BCUT2D eigenvalue weighted by Gasteiger charge is 2.33. The summed E-state index contributed by atoms with van der Waals surface area (Å²) < 4.78 is 39.6. The normalized spacial score (nSPS) is 14.1. The molecule has 2 N–H and O–H groups in total. The van der Waals surface area contributed by atoms with Crippen molar-refractivity contribution in [3.8, 4) is 0 Å². The van der Waals surface area contributed by atoms with Gasteiger partial charge in [-0.3, -0.25) is 4.98 Å². The molecule has 2 heterocycles. The van der Waals surface area contributed by atoms with E-state index in [0.29, 0.717) is 17.4 Å². The number of halogens is 3. The summed E-state index contributed by atoms with van der Waals surface area (Å²) in [4.78, 5) is 3.45. The molecule has 2 aromatic rings. The molecule has 0 aliphatic rings. The van der Waals surface area contributed by atoms with E-state index in [4.69, 9.17) is 5.73 Å². The first-order chi connectivity index (χ1) is 8.34. The number of nitrogens with zero attached hydrogens (tertiary/aromatic N) is 2. The highest BCUT2D eigenvalue weighted by atomic mass is 19.4. The molecule has 0 saturated heterocycles. The van der Waals surface area contributed by atoms with Crippen molar-refractivity contribution < 1.29 is 13.2 Å². The predicted molar refractivity (Wildman–Crippen MR) is 63.0 cm³/mol. The van der Waals surface area contributed by atoms with Crippen LogP contribution in [0.15, 0.2) is 18.3 Å².